The minimum Gasteiger partial charge on any atom is -0.383 e. The number of ether oxygens (including phenoxy) is 2. The van der Waals surface area contributed by atoms with Gasteiger partial charge in [0.15, 0.2) is 35.4 Å². The van der Waals surface area contributed by atoms with Gasteiger partial charge in [0.05, 0.1) is 25.6 Å². The highest BCUT2D eigenvalue weighted by Gasteiger charge is 2.50. The Morgan fingerprint density at radius 1 is 1.27 bits per heavy atom. The first-order valence-electron chi connectivity index (χ1n) is 12.8. The van der Waals surface area contributed by atoms with Crippen LogP contribution >= 0.6 is 37.1 Å². The van der Waals surface area contributed by atoms with E-state index < -0.39 is 61.5 Å². The fourth-order valence-corrected chi connectivity index (χ4v) is 7.52. The number of aromatic nitrogens is 5. The zero-order valence-electron chi connectivity index (χ0n) is 23.2. The van der Waals surface area contributed by atoms with Crippen LogP contribution < -0.4 is 16.3 Å². The number of rotatable bonds is 12. The van der Waals surface area contributed by atoms with Crippen molar-refractivity contribution in [1.29, 1.82) is 0 Å². The number of carbonyl (C=O) groups excluding carboxylic acids is 1. The van der Waals surface area contributed by atoms with Crippen LogP contribution in [0.4, 0.5) is 11.6 Å². The molecular weight excluding hydrogens is 696 g/mol. The Hall–Kier alpha value is -2.46. The van der Waals surface area contributed by atoms with Gasteiger partial charge in [0.1, 0.15) is 34.9 Å². The number of fused-ring (bicyclic) bond motifs is 1. The fraction of sp³-hybridized carbons (Fsp3) is 0.476. The SMILES string of the molecule is C=Nc1c(C(N)=NC)sc(=O)n1[C@@H]1O[C@H](COP(O)(O)=S)C(=O)[C@H]1OP(=O)(S)OCC1CC[C@H](n2cnc3c(N)ncnc32)O1. The number of ketones is 1. The molecule has 19 nitrogen and oxygen atoms in total. The topological polar surface area (TPSA) is 263 Å². The summed E-state index contributed by atoms with van der Waals surface area (Å²) < 4.78 is 43.7. The average molecular weight is 724 g/mol. The molecule has 3 aromatic heterocycles. The van der Waals surface area contributed by atoms with E-state index in [1.807, 2.05) is 0 Å². The fourth-order valence-electron chi connectivity index (χ4n) is 4.68. The first-order valence-corrected chi connectivity index (χ1v) is 18.9. The number of nitrogens with two attached hydrogens (primary N) is 2. The molecule has 0 bridgehead atoms. The van der Waals surface area contributed by atoms with E-state index in [0.717, 1.165) is 4.57 Å². The van der Waals surface area contributed by atoms with Gasteiger partial charge in [-0.2, -0.15) is 0 Å². The quantitative estimate of drug-likeness (QED) is 0.0749. The van der Waals surface area contributed by atoms with Gasteiger partial charge in [-0.15, -0.1) is 0 Å². The molecular formula is C21H27N9O10P2S3. The summed E-state index contributed by atoms with van der Waals surface area (Å²) in [6.45, 7) is -6.05. The van der Waals surface area contributed by atoms with Crippen LogP contribution in [-0.4, -0.2) is 90.8 Å². The molecule has 2 fully saturated rings. The molecule has 3 aromatic rings. The van der Waals surface area contributed by atoms with Crippen LogP contribution in [-0.2, 0) is 44.2 Å². The number of nitrogen functional groups attached to an aromatic ring is 1. The van der Waals surface area contributed by atoms with Crippen LogP contribution in [0.2, 0.25) is 0 Å². The summed E-state index contributed by atoms with van der Waals surface area (Å²) >= 11 is 9.14. The van der Waals surface area contributed by atoms with Crippen LogP contribution in [0, 0.1) is 0 Å². The molecule has 45 heavy (non-hydrogen) atoms. The molecule has 0 aliphatic carbocycles. The third-order valence-corrected chi connectivity index (χ3v) is 10.1. The summed E-state index contributed by atoms with van der Waals surface area (Å²) in [5.41, 5.74) is 12.7. The maximum absolute atomic E-state index is 13.4. The second kappa shape index (κ2) is 13.3. The molecule has 244 valence electrons. The van der Waals surface area contributed by atoms with E-state index in [-0.39, 0.29) is 29.0 Å². The number of thiazole rings is 1. The molecule has 5 heterocycles. The number of thiol groups is 1. The largest absolute Gasteiger partial charge is 0.387 e. The normalized spacial score (nSPS) is 25.6. The van der Waals surface area contributed by atoms with Gasteiger partial charge in [-0.05, 0) is 31.4 Å². The van der Waals surface area contributed by atoms with E-state index in [1.165, 1.54) is 19.7 Å². The molecule has 0 spiro atoms. The molecule has 0 saturated carbocycles. The van der Waals surface area contributed by atoms with Crippen molar-refractivity contribution < 1.29 is 42.2 Å². The van der Waals surface area contributed by atoms with E-state index in [2.05, 4.69) is 55.7 Å². The molecule has 6 atom stereocenters. The van der Waals surface area contributed by atoms with Crippen molar-refractivity contribution in [1.82, 2.24) is 24.1 Å². The second-order valence-electron chi connectivity index (χ2n) is 9.53. The van der Waals surface area contributed by atoms with E-state index in [0.29, 0.717) is 35.3 Å². The van der Waals surface area contributed by atoms with Gasteiger partial charge in [-0.1, -0.05) is 23.6 Å². The van der Waals surface area contributed by atoms with Crippen molar-refractivity contribution in [2.45, 2.75) is 43.6 Å². The number of imidazole rings is 1. The third-order valence-electron chi connectivity index (χ3n) is 6.70. The first kappa shape index (κ1) is 33.9. The van der Waals surface area contributed by atoms with Gasteiger partial charge in [-0.3, -0.25) is 32.8 Å². The number of nitrogens with zero attached hydrogens (tertiary/aromatic N) is 7. The molecule has 0 amide bonds. The van der Waals surface area contributed by atoms with Gasteiger partial charge in [-0.25, -0.2) is 24.5 Å². The number of aliphatic imine (C=N–C) groups is 2. The van der Waals surface area contributed by atoms with Crippen molar-refractivity contribution in [2.24, 2.45) is 15.7 Å². The standard InChI is InChI=1S/C21H27N9O10P2S3/c1-24-17(23)15-19(25-2)30(21(32)45-15)20-14(13(31)10(39-20)6-36-41(33,34)43)40-42(35,44)37-5-9-3-4-11(38-9)29-8-28-12-16(22)26-7-27-18(12)29/h7-11,14,20H,2-6H2,1H3,(H2,23,24)(H,35,44)(H2,22,26,27)(H2,33,34,43)/t9?,10-,11-,14-,20-,42?/m1/s1. The lowest BCUT2D eigenvalue weighted by molar-refractivity contribution is -0.127. The van der Waals surface area contributed by atoms with E-state index >= 15 is 0 Å². The average Bonchev–Trinajstić information content (AvgIpc) is 3.76. The zero-order chi connectivity index (χ0) is 32.7. The smallest absolute Gasteiger partial charge is 0.383 e. The van der Waals surface area contributed by atoms with E-state index in [4.69, 9.17) is 34.5 Å². The van der Waals surface area contributed by atoms with E-state index in [9.17, 15) is 23.9 Å². The maximum Gasteiger partial charge on any atom is 0.387 e. The highest BCUT2D eigenvalue weighted by atomic mass is 32.7. The van der Waals surface area contributed by atoms with Crippen LogP contribution in [0.5, 0.6) is 0 Å². The molecule has 2 aliphatic heterocycles. The lowest BCUT2D eigenvalue weighted by Crippen LogP contribution is -2.32. The predicted octanol–water partition coefficient (Wildman–Crippen LogP) is 0.809. The summed E-state index contributed by atoms with van der Waals surface area (Å²) in [6, 6.07) is 0. The highest BCUT2D eigenvalue weighted by Crippen LogP contribution is 2.57. The number of carbonyl (C=O) groups is 1. The Morgan fingerprint density at radius 2 is 2.02 bits per heavy atom. The molecule has 24 heteroatoms. The van der Waals surface area contributed by atoms with Crippen molar-refractivity contribution >= 4 is 90.0 Å². The van der Waals surface area contributed by atoms with Gasteiger partial charge in [0.25, 0.3) is 0 Å². The predicted molar refractivity (Wildman–Crippen MR) is 168 cm³/mol. The van der Waals surface area contributed by atoms with Crippen molar-refractivity contribution in [2.75, 3.05) is 26.0 Å². The second-order valence-corrected chi connectivity index (χ2v) is 16.0. The summed E-state index contributed by atoms with van der Waals surface area (Å²) in [7, 11) is 1.40. The summed E-state index contributed by atoms with van der Waals surface area (Å²) in [5, 5.41) is 0. The van der Waals surface area contributed by atoms with Gasteiger partial charge >= 0.3 is 18.4 Å². The number of anilines is 1. The molecule has 2 unspecified atom stereocenters. The molecule has 6 N–H and O–H groups in total. The molecule has 2 saturated heterocycles. The van der Waals surface area contributed by atoms with Crippen molar-refractivity contribution in [3.63, 3.8) is 0 Å². The summed E-state index contributed by atoms with van der Waals surface area (Å²) in [6.07, 6.45) is -2.06. The zero-order valence-corrected chi connectivity index (χ0v) is 27.5. The first-order chi connectivity index (χ1) is 21.2. The molecule has 5 rings (SSSR count). The van der Waals surface area contributed by atoms with Gasteiger partial charge < -0.3 is 35.3 Å². The highest BCUT2D eigenvalue weighted by molar-refractivity contribution is 8.44. The van der Waals surface area contributed by atoms with Crippen molar-refractivity contribution in [3.05, 3.63) is 27.2 Å². The van der Waals surface area contributed by atoms with Crippen LogP contribution in [0.1, 0.15) is 30.2 Å². The van der Waals surface area contributed by atoms with Gasteiger partial charge in [0, 0.05) is 7.05 Å². The lowest BCUT2D eigenvalue weighted by Gasteiger charge is -2.23. The van der Waals surface area contributed by atoms with Crippen molar-refractivity contribution in [3.8, 4) is 0 Å². The Bertz CT molecular complexity index is 1810. The van der Waals surface area contributed by atoms with Crippen LogP contribution in [0.3, 0.4) is 0 Å². The minimum atomic E-state index is -4.35. The Kier molecular flexibility index (Phi) is 10.0. The van der Waals surface area contributed by atoms with Gasteiger partial charge in [0.2, 0.25) is 0 Å². The lowest BCUT2D eigenvalue weighted by atomic mass is 10.2. The Balaban J connectivity index is 1.33. The summed E-state index contributed by atoms with van der Waals surface area (Å²) in [4.78, 5) is 64.9. The number of amidine groups is 1. The maximum atomic E-state index is 13.4. The molecule has 0 aromatic carbocycles. The third kappa shape index (κ3) is 7.27. The monoisotopic (exact) mass is 723 g/mol. The number of Topliss-reactive ketones (excluding diaryl/α,β-unsaturated/α-hetero) is 1. The minimum absolute atomic E-state index is 0.0427. The van der Waals surface area contributed by atoms with Crippen LogP contribution in [0.15, 0.2) is 27.4 Å². The number of hydrogen-bond donors (Lipinski definition) is 5. The van der Waals surface area contributed by atoms with E-state index in [1.54, 1.807) is 4.57 Å². The summed E-state index contributed by atoms with van der Waals surface area (Å²) in [5.74, 6) is -0.800. The Labute approximate surface area is 268 Å². The molecule has 0 radical (unpaired) electrons. The number of hydrogen-bond acceptors (Lipinski definition) is 16. The van der Waals surface area contributed by atoms with Crippen LogP contribution in [0.25, 0.3) is 11.2 Å². The Morgan fingerprint density at radius 3 is 2.71 bits per heavy atom. The molecule has 2 aliphatic rings.